The molecule has 0 atom stereocenters. The van der Waals surface area contributed by atoms with Crippen molar-refractivity contribution in [3.05, 3.63) is 0 Å². The molecule has 0 saturated heterocycles. The van der Waals surface area contributed by atoms with Crippen LogP contribution < -0.4 is 5.73 Å². The van der Waals surface area contributed by atoms with Crippen LogP contribution in [0.4, 0.5) is 0 Å². The SMILES string of the molecule is CC(C)[SiH2]OCN. The Hall–Kier alpha value is 0.137. The van der Waals surface area contributed by atoms with Crippen LogP contribution in [-0.4, -0.2) is 16.5 Å². The third-order valence-corrected chi connectivity index (χ3v) is 1.71. The maximum absolute atomic E-state index is 5.09. The number of hydrogen-bond acceptors (Lipinski definition) is 2. The van der Waals surface area contributed by atoms with Gasteiger partial charge in [-0.2, -0.15) is 0 Å². The monoisotopic (exact) mass is 119 g/mol. The molecule has 2 nitrogen and oxygen atoms in total. The first-order chi connectivity index (χ1) is 3.27. The van der Waals surface area contributed by atoms with Gasteiger partial charge in [0.15, 0.2) is 9.76 Å². The van der Waals surface area contributed by atoms with Crippen LogP contribution in [0.15, 0.2) is 0 Å². The van der Waals surface area contributed by atoms with E-state index in [9.17, 15) is 0 Å². The van der Waals surface area contributed by atoms with Gasteiger partial charge in [0, 0.05) is 0 Å². The van der Waals surface area contributed by atoms with Crippen LogP contribution in [0.5, 0.6) is 0 Å². The van der Waals surface area contributed by atoms with Crippen molar-refractivity contribution in [1.82, 2.24) is 0 Å². The van der Waals surface area contributed by atoms with E-state index in [1.807, 2.05) is 0 Å². The highest BCUT2D eigenvalue weighted by molar-refractivity contribution is 6.29. The summed E-state index contributed by atoms with van der Waals surface area (Å²) in [6, 6.07) is 0. The van der Waals surface area contributed by atoms with E-state index in [2.05, 4.69) is 13.8 Å². The second-order valence-electron chi connectivity index (χ2n) is 1.93. The smallest absolute Gasteiger partial charge is 0.165 e. The van der Waals surface area contributed by atoms with Crippen LogP contribution in [0, 0.1) is 0 Å². The predicted octanol–water partition coefficient (Wildman–Crippen LogP) is -0.169. The summed E-state index contributed by atoms with van der Waals surface area (Å²) >= 11 is 0. The minimum Gasteiger partial charge on any atom is -0.411 e. The molecule has 0 aromatic rings. The van der Waals surface area contributed by atoms with E-state index in [-0.39, 0.29) is 9.76 Å². The largest absolute Gasteiger partial charge is 0.411 e. The molecule has 0 rings (SSSR count). The van der Waals surface area contributed by atoms with Gasteiger partial charge in [0.2, 0.25) is 0 Å². The van der Waals surface area contributed by atoms with Gasteiger partial charge in [-0.15, -0.1) is 0 Å². The molecule has 0 heterocycles. The van der Waals surface area contributed by atoms with Gasteiger partial charge in [0.05, 0.1) is 6.73 Å². The van der Waals surface area contributed by atoms with Crippen molar-refractivity contribution < 1.29 is 4.43 Å². The molecule has 0 saturated carbocycles. The Labute approximate surface area is 47.0 Å². The Morgan fingerprint density at radius 2 is 2.29 bits per heavy atom. The fourth-order valence-corrected chi connectivity index (χ4v) is 0.911. The van der Waals surface area contributed by atoms with E-state index < -0.39 is 0 Å². The lowest BCUT2D eigenvalue weighted by Gasteiger charge is -2.00. The number of rotatable bonds is 3. The third kappa shape index (κ3) is 6.14. The van der Waals surface area contributed by atoms with E-state index in [0.29, 0.717) is 6.73 Å². The van der Waals surface area contributed by atoms with Gasteiger partial charge in [-0.25, -0.2) is 0 Å². The topological polar surface area (TPSA) is 35.2 Å². The van der Waals surface area contributed by atoms with Crippen LogP contribution in [-0.2, 0) is 4.43 Å². The molecule has 3 heteroatoms. The zero-order chi connectivity index (χ0) is 5.70. The summed E-state index contributed by atoms with van der Waals surface area (Å²) in [4.78, 5) is 0. The molecule has 0 aliphatic carbocycles. The van der Waals surface area contributed by atoms with Crippen molar-refractivity contribution in [1.29, 1.82) is 0 Å². The molecule has 0 fully saturated rings. The van der Waals surface area contributed by atoms with Gasteiger partial charge < -0.3 is 10.2 Å². The first-order valence-electron chi connectivity index (χ1n) is 2.55. The van der Waals surface area contributed by atoms with E-state index >= 15 is 0 Å². The van der Waals surface area contributed by atoms with Crippen molar-refractivity contribution in [2.45, 2.75) is 19.4 Å². The quantitative estimate of drug-likeness (QED) is 0.413. The Bertz CT molecular complexity index is 40.7. The van der Waals surface area contributed by atoms with Crippen LogP contribution in [0.25, 0.3) is 0 Å². The van der Waals surface area contributed by atoms with E-state index in [1.165, 1.54) is 0 Å². The summed E-state index contributed by atoms with van der Waals surface area (Å²) in [5.74, 6) is 0. The summed E-state index contributed by atoms with van der Waals surface area (Å²) in [5.41, 5.74) is 5.83. The Balaban J connectivity index is 2.68. The van der Waals surface area contributed by atoms with Crippen LogP contribution in [0.1, 0.15) is 13.8 Å². The van der Waals surface area contributed by atoms with Crippen molar-refractivity contribution in [2.24, 2.45) is 5.73 Å². The van der Waals surface area contributed by atoms with Crippen molar-refractivity contribution in [2.75, 3.05) is 6.73 Å². The fraction of sp³-hybridized carbons (Fsp3) is 1.00. The molecule has 0 aromatic carbocycles. The zero-order valence-corrected chi connectivity index (χ0v) is 6.39. The first kappa shape index (κ1) is 7.14. The number of hydrogen-bond donors (Lipinski definition) is 1. The van der Waals surface area contributed by atoms with Crippen molar-refractivity contribution in [3.8, 4) is 0 Å². The molecule has 0 aliphatic heterocycles. The predicted molar refractivity (Wildman–Crippen MR) is 33.8 cm³/mol. The lowest BCUT2D eigenvalue weighted by atomic mass is 10.6. The van der Waals surface area contributed by atoms with Crippen molar-refractivity contribution >= 4 is 9.76 Å². The molecule has 0 radical (unpaired) electrons. The summed E-state index contributed by atoms with van der Waals surface area (Å²) in [6.45, 7) is 4.72. The highest BCUT2D eigenvalue weighted by atomic mass is 28.2. The molecule has 0 amide bonds. The van der Waals surface area contributed by atoms with E-state index in [0.717, 1.165) is 5.54 Å². The average Bonchev–Trinajstić information content (AvgIpc) is 1.61. The Kier molecular flexibility index (Phi) is 4.38. The third-order valence-electron chi connectivity index (χ3n) is 0.569. The van der Waals surface area contributed by atoms with Gasteiger partial charge in [-0.05, 0) is 5.54 Å². The molecular weight excluding hydrogens is 106 g/mol. The zero-order valence-electron chi connectivity index (χ0n) is 4.98. The Morgan fingerprint density at radius 3 is 2.43 bits per heavy atom. The standard InChI is InChI=1S/C4H13NOSi/c1-4(2)7-6-3-5/h4H,3,5,7H2,1-2H3. The van der Waals surface area contributed by atoms with Gasteiger partial charge in [-0.3, -0.25) is 0 Å². The van der Waals surface area contributed by atoms with Crippen LogP contribution in [0.2, 0.25) is 5.54 Å². The molecule has 0 spiro atoms. The lowest BCUT2D eigenvalue weighted by Crippen LogP contribution is -2.10. The second-order valence-corrected chi connectivity index (χ2v) is 4.31. The molecule has 0 aliphatic rings. The molecule has 0 bridgehead atoms. The first-order valence-corrected chi connectivity index (χ1v) is 3.94. The second kappa shape index (κ2) is 4.30. The summed E-state index contributed by atoms with van der Waals surface area (Å²) in [6.07, 6.45) is 0. The highest BCUT2D eigenvalue weighted by Gasteiger charge is 1.90. The maximum Gasteiger partial charge on any atom is 0.165 e. The van der Waals surface area contributed by atoms with Gasteiger partial charge >= 0.3 is 0 Å². The van der Waals surface area contributed by atoms with Crippen molar-refractivity contribution in [3.63, 3.8) is 0 Å². The minimum atomic E-state index is -0.279. The fourth-order valence-electron chi connectivity index (χ4n) is 0.304. The normalized spacial score (nSPS) is 12.0. The molecule has 0 aromatic heterocycles. The summed E-state index contributed by atoms with van der Waals surface area (Å²) in [5, 5.41) is 0. The van der Waals surface area contributed by atoms with E-state index in [1.54, 1.807) is 0 Å². The minimum absolute atomic E-state index is 0.279. The van der Waals surface area contributed by atoms with Gasteiger partial charge in [-0.1, -0.05) is 13.8 Å². The Morgan fingerprint density at radius 1 is 1.71 bits per heavy atom. The number of nitrogens with two attached hydrogens (primary N) is 1. The molecule has 44 valence electrons. The highest BCUT2D eigenvalue weighted by Crippen LogP contribution is 1.94. The molecule has 2 N–H and O–H groups in total. The van der Waals surface area contributed by atoms with Crippen LogP contribution >= 0.6 is 0 Å². The molecular formula is C4H13NOSi. The summed E-state index contributed by atoms with van der Waals surface area (Å²) in [7, 11) is -0.279. The molecule has 0 unspecified atom stereocenters. The van der Waals surface area contributed by atoms with Crippen LogP contribution in [0.3, 0.4) is 0 Å². The lowest BCUT2D eigenvalue weighted by molar-refractivity contribution is 0.344. The van der Waals surface area contributed by atoms with Gasteiger partial charge in [0.1, 0.15) is 0 Å². The summed E-state index contributed by atoms with van der Waals surface area (Å²) < 4.78 is 5.01. The molecule has 7 heavy (non-hydrogen) atoms. The van der Waals surface area contributed by atoms with Gasteiger partial charge in [0.25, 0.3) is 0 Å². The maximum atomic E-state index is 5.09. The van der Waals surface area contributed by atoms with E-state index in [4.69, 9.17) is 10.2 Å². The average molecular weight is 119 g/mol.